The van der Waals surface area contributed by atoms with Crippen LogP contribution in [0, 0.1) is 17.8 Å². The van der Waals surface area contributed by atoms with Gasteiger partial charge in [0.2, 0.25) is 0 Å². The summed E-state index contributed by atoms with van der Waals surface area (Å²) < 4.78 is 0. The number of hydrogen-bond acceptors (Lipinski definition) is 0. The molecular weight excluding hydrogens is 252 g/mol. The van der Waals surface area contributed by atoms with Crippen LogP contribution in [0.3, 0.4) is 0 Å². The first-order chi connectivity index (χ1) is 9.94. The average molecular weight is 301 g/mol. The van der Waals surface area contributed by atoms with Crippen molar-refractivity contribution >= 4 is 0 Å². The van der Waals surface area contributed by atoms with Gasteiger partial charge in [0.15, 0.2) is 0 Å². The van der Waals surface area contributed by atoms with Crippen molar-refractivity contribution in [1.29, 1.82) is 0 Å². The van der Waals surface area contributed by atoms with Crippen LogP contribution in [0.2, 0.25) is 0 Å². The van der Waals surface area contributed by atoms with E-state index in [1.807, 2.05) is 0 Å². The molecule has 1 unspecified atom stereocenters. The van der Waals surface area contributed by atoms with Gasteiger partial charge in [-0.15, -0.1) is 0 Å². The zero-order chi connectivity index (χ0) is 17.1. The molecule has 0 nitrogen and oxygen atoms in total. The van der Waals surface area contributed by atoms with E-state index in [0.29, 0.717) is 0 Å². The largest absolute Gasteiger partial charge is 0.0656 e. The fourth-order valence-electron chi connectivity index (χ4n) is 2.21. The Morgan fingerprint density at radius 2 is 1.05 bits per heavy atom. The fourth-order valence-corrected chi connectivity index (χ4v) is 2.21. The van der Waals surface area contributed by atoms with Gasteiger partial charge < -0.3 is 0 Å². The molecule has 0 bridgehead atoms. The van der Waals surface area contributed by atoms with Crippen LogP contribution in [0.1, 0.15) is 120 Å². The third kappa shape index (κ3) is 25.3. The van der Waals surface area contributed by atoms with Crippen LogP contribution in [0.4, 0.5) is 0 Å². The first-order valence-electron chi connectivity index (χ1n) is 9.94. The molecule has 0 N–H and O–H groups in total. The summed E-state index contributed by atoms with van der Waals surface area (Å²) >= 11 is 0. The maximum Gasteiger partial charge on any atom is -0.0414 e. The van der Waals surface area contributed by atoms with Gasteiger partial charge in [-0.05, 0) is 17.8 Å². The fraction of sp³-hybridized carbons (Fsp3) is 1.00. The van der Waals surface area contributed by atoms with Crippen molar-refractivity contribution in [2.24, 2.45) is 17.8 Å². The summed E-state index contributed by atoms with van der Waals surface area (Å²) in [7, 11) is 0. The summed E-state index contributed by atoms with van der Waals surface area (Å²) in [5.74, 6) is 2.80. The molecule has 0 saturated carbocycles. The molecule has 0 amide bonds. The summed E-state index contributed by atoms with van der Waals surface area (Å²) in [5.41, 5.74) is 0. The van der Waals surface area contributed by atoms with Crippen molar-refractivity contribution < 1.29 is 0 Å². The first-order valence-corrected chi connectivity index (χ1v) is 9.94. The minimum Gasteiger partial charge on any atom is -0.0656 e. The molecule has 0 fully saturated rings. The van der Waals surface area contributed by atoms with E-state index < -0.39 is 0 Å². The summed E-state index contributed by atoms with van der Waals surface area (Å²) in [4.78, 5) is 0. The van der Waals surface area contributed by atoms with Crippen LogP contribution < -0.4 is 0 Å². The van der Waals surface area contributed by atoms with E-state index in [1.54, 1.807) is 0 Å². The molecule has 0 aromatic heterocycles. The smallest absolute Gasteiger partial charge is 0.0414 e. The van der Waals surface area contributed by atoms with Gasteiger partial charge >= 0.3 is 0 Å². The van der Waals surface area contributed by atoms with Crippen LogP contribution in [0.5, 0.6) is 0 Å². The highest BCUT2D eigenvalue weighted by atomic mass is 14.1. The third-order valence-electron chi connectivity index (χ3n) is 4.14. The first kappa shape index (κ1) is 25.9. The van der Waals surface area contributed by atoms with Crippen LogP contribution in [-0.2, 0) is 0 Å². The van der Waals surface area contributed by atoms with E-state index in [-0.39, 0.29) is 0 Å². The Bertz CT molecular complexity index is 142. The quantitative estimate of drug-likeness (QED) is 0.400. The lowest BCUT2D eigenvalue weighted by molar-refractivity contribution is 0.398. The zero-order valence-electron chi connectivity index (χ0n) is 17.1. The lowest BCUT2D eigenvalue weighted by atomic mass is 9.93. The average Bonchev–Trinajstić information content (AvgIpc) is 2.45. The second kappa shape index (κ2) is 22.3. The van der Waals surface area contributed by atoms with Gasteiger partial charge in [-0.2, -0.15) is 0 Å². The normalized spacial score (nSPS) is 11.6. The molecule has 0 aromatic rings. The van der Waals surface area contributed by atoms with Gasteiger partial charge in [0.05, 0.1) is 0 Å². The molecule has 0 radical (unpaired) electrons. The standard InChI is InChI=1S/C11H24.C7H16.C3H8/c1-4-7-10-11(8-5-2)9-6-3;1-5-7(4)6(2)3;1-3-2/h11H,4-10H2,1-3H3;6-7H,5H2,1-4H3;3H2,1-2H3. The van der Waals surface area contributed by atoms with Gasteiger partial charge in [-0.1, -0.05) is 120 Å². The van der Waals surface area contributed by atoms with Crippen molar-refractivity contribution in [2.75, 3.05) is 0 Å². The Kier molecular flexibility index (Phi) is 27.5. The summed E-state index contributed by atoms with van der Waals surface area (Å²) in [6.07, 6.45) is 12.5. The maximum absolute atomic E-state index is 2.30. The monoisotopic (exact) mass is 300 g/mol. The Morgan fingerprint density at radius 3 is 1.24 bits per heavy atom. The summed E-state index contributed by atoms with van der Waals surface area (Å²) in [6.45, 7) is 20.2. The highest BCUT2D eigenvalue weighted by Crippen LogP contribution is 2.19. The minimum absolute atomic E-state index is 0.866. The van der Waals surface area contributed by atoms with Crippen LogP contribution in [-0.4, -0.2) is 0 Å². The van der Waals surface area contributed by atoms with Gasteiger partial charge in [0.25, 0.3) is 0 Å². The number of unbranched alkanes of at least 4 members (excludes halogenated alkanes) is 1. The summed E-state index contributed by atoms with van der Waals surface area (Å²) in [6, 6.07) is 0. The SMILES string of the molecule is CCC.CCC(C)C(C)C.CCCCC(CCC)CCC. The molecule has 1 atom stereocenters. The Hall–Kier alpha value is 0. The minimum atomic E-state index is 0.866. The molecule has 0 heterocycles. The van der Waals surface area contributed by atoms with E-state index in [9.17, 15) is 0 Å². The van der Waals surface area contributed by atoms with Gasteiger partial charge in [-0.25, -0.2) is 0 Å². The molecule has 0 aliphatic rings. The highest BCUT2D eigenvalue weighted by Gasteiger charge is 2.04. The molecule has 0 saturated heterocycles. The van der Waals surface area contributed by atoms with E-state index in [1.165, 1.54) is 57.8 Å². The van der Waals surface area contributed by atoms with Crippen molar-refractivity contribution in [3.8, 4) is 0 Å². The van der Waals surface area contributed by atoms with Crippen molar-refractivity contribution in [3.63, 3.8) is 0 Å². The van der Waals surface area contributed by atoms with Gasteiger partial charge in [-0.3, -0.25) is 0 Å². The van der Waals surface area contributed by atoms with Gasteiger partial charge in [0, 0.05) is 0 Å². The second-order valence-electron chi connectivity index (χ2n) is 6.92. The molecule has 132 valence electrons. The predicted molar refractivity (Wildman–Crippen MR) is 103 cm³/mol. The van der Waals surface area contributed by atoms with E-state index in [2.05, 4.69) is 62.3 Å². The van der Waals surface area contributed by atoms with Crippen LogP contribution in [0.15, 0.2) is 0 Å². The number of rotatable bonds is 9. The predicted octanol–water partition coefficient (Wildman–Crippen LogP) is 8.50. The third-order valence-corrected chi connectivity index (χ3v) is 4.14. The van der Waals surface area contributed by atoms with Crippen LogP contribution >= 0.6 is 0 Å². The molecule has 0 aliphatic heterocycles. The molecule has 0 rings (SSSR count). The maximum atomic E-state index is 2.30. The number of hydrogen-bond donors (Lipinski definition) is 0. The lowest BCUT2D eigenvalue weighted by Crippen LogP contribution is -2.00. The zero-order valence-corrected chi connectivity index (χ0v) is 17.1. The van der Waals surface area contributed by atoms with E-state index in [4.69, 9.17) is 0 Å². The van der Waals surface area contributed by atoms with E-state index >= 15 is 0 Å². The molecule has 0 aliphatic carbocycles. The van der Waals surface area contributed by atoms with Crippen molar-refractivity contribution in [3.05, 3.63) is 0 Å². The van der Waals surface area contributed by atoms with Gasteiger partial charge in [0.1, 0.15) is 0 Å². The Labute approximate surface area is 138 Å². The summed E-state index contributed by atoms with van der Waals surface area (Å²) in [5, 5.41) is 0. The highest BCUT2D eigenvalue weighted by molar-refractivity contribution is 4.57. The van der Waals surface area contributed by atoms with Crippen molar-refractivity contribution in [1.82, 2.24) is 0 Å². The van der Waals surface area contributed by atoms with Crippen molar-refractivity contribution in [2.45, 2.75) is 120 Å². The molecule has 0 spiro atoms. The molecule has 0 aromatic carbocycles. The Morgan fingerprint density at radius 1 is 0.619 bits per heavy atom. The lowest BCUT2D eigenvalue weighted by Gasteiger charge is -2.13. The topological polar surface area (TPSA) is 0 Å². The van der Waals surface area contributed by atoms with E-state index in [0.717, 1.165) is 17.8 Å². The second-order valence-corrected chi connectivity index (χ2v) is 6.92. The van der Waals surface area contributed by atoms with Crippen LogP contribution in [0.25, 0.3) is 0 Å². The molecule has 21 heavy (non-hydrogen) atoms. The molecular formula is C21H48. The Balaban J connectivity index is -0.000000277. The molecule has 0 heteroatoms.